The minimum atomic E-state index is -4.29. The average molecular weight is 783 g/mol. The molecule has 1 rings (SSSR count). The Bertz CT molecular complexity index is 1070. The molecule has 0 radical (unpaired) electrons. The van der Waals surface area contributed by atoms with Gasteiger partial charge in [-0.15, -0.1) is 0 Å². The molecule has 4 atom stereocenters. The van der Waals surface area contributed by atoms with E-state index in [4.69, 9.17) is 23.3 Å². The van der Waals surface area contributed by atoms with E-state index in [1.54, 1.807) is 0 Å². The molecule has 314 valence electrons. The minimum Gasteiger partial charge on any atom is -0.457 e. The highest BCUT2D eigenvalue weighted by molar-refractivity contribution is 7.47. The Morgan fingerprint density at radius 2 is 1.22 bits per heavy atom. The van der Waals surface area contributed by atoms with Gasteiger partial charge in [-0.2, -0.15) is 0 Å². The molecule has 1 aliphatic heterocycles. The third kappa shape index (κ3) is 33.7. The number of quaternary nitrogens is 1. The van der Waals surface area contributed by atoms with Crippen LogP contribution < -0.4 is 0 Å². The number of carbonyl (C=O) groups is 1. The first-order valence-corrected chi connectivity index (χ1v) is 23.0. The van der Waals surface area contributed by atoms with Crippen LogP contribution in [0, 0.1) is 0 Å². The Hall–Kier alpha value is -1.58. The van der Waals surface area contributed by atoms with Gasteiger partial charge in [0.15, 0.2) is 0 Å². The van der Waals surface area contributed by atoms with Crippen molar-refractivity contribution < 1.29 is 42.0 Å². The number of unbranched alkanes of at least 4 members (excludes halogenated alkanes) is 14. The fourth-order valence-corrected chi connectivity index (χ4v) is 6.61. The topological polar surface area (TPSA) is 104 Å². The lowest BCUT2D eigenvalue weighted by Crippen LogP contribution is -2.37. The van der Waals surface area contributed by atoms with E-state index < -0.39 is 13.9 Å². The van der Waals surface area contributed by atoms with Crippen LogP contribution in [0.15, 0.2) is 48.6 Å². The average Bonchev–Trinajstić information content (AvgIpc) is 3.88. The molecule has 1 aliphatic rings. The summed E-state index contributed by atoms with van der Waals surface area (Å²) in [4.78, 5) is 22.9. The molecule has 0 spiro atoms. The van der Waals surface area contributed by atoms with Crippen molar-refractivity contribution in [2.75, 3.05) is 54.1 Å². The number of hydrogen-bond acceptors (Lipinski definition) is 7. The second-order valence-corrected chi connectivity index (χ2v) is 17.2. The Labute approximate surface area is 331 Å². The largest absolute Gasteiger partial charge is 0.472 e. The van der Waals surface area contributed by atoms with Crippen LogP contribution in [0.3, 0.4) is 0 Å². The van der Waals surface area contributed by atoms with E-state index in [1.165, 1.54) is 77.0 Å². The van der Waals surface area contributed by atoms with E-state index in [2.05, 4.69) is 62.5 Å². The summed E-state index contributed by atoms with van der Waals surface area (Å²) in [6, 6.07) is 0. The van der Waals surface area contributed by atoms with E-state index in [9.17, 15) is 14.3 Å². The number of phosphoric ester groups is 1. The third-order valence-electron chi connectivity index (χ3n) is 9.31. The molecule has 0 aromatic rings. The van der Waals surface area contributed by atoms with Gasteiger partial charge in [0.2, 0.25) is 0 Å². The van der Waals surface area contributed by atoms with Crippen molar-refractivity contribution in [3.63, 3.8) is 0 Å². The van der Waals surface area contributed by atoms with Crippen molar-refractivity contribution >= 4 is 13.8 Å². The van der Waals surface area contributed by atoms with Crippen molar-refractivity contribution in [3.05, 3.63) is 48.6 Å². The molecule has 0 aliphatic carbocycles. The van der Waals surface area contributed by atoms with Crippen molar-refractivity contribution in [1.29, 1.82) is 0 Å². The SMILES string of the molecule is CC/C=C\C/C=C\CC1OC1C/C=C\C/C=C\CCCC(=O)OC(COCCCCCCCCCCCCCCCC)COP(=O)(O)OCC[N+](C)(C)C. The summed E-state index contributed by atoms with van der Waals surface area (Å²) in [6.45, 7) is 5.41. The number of esters is 1. The monoisotopic (exact) mass is 783 g/mol. The van der Waals surface area contributed by atoms with Crippen molar-refractivity contribution in [2.24, 2.45) is 0 Å². The maximum absolute atomic E-state index is 12.7. The van der Waals surface area contributed by atoms with Crippen LogP contribution in [-0.2, 0) is 32.6 Å². The lowest BCUT2D eigenvalue weighted by atomic mass is 10.0. The van der Waals surface area contributed by atoms with Crippen LogP contribution >= 0.6 is 7.82 Å². The lowest BCUT2D eigenvalue weighted by molar-refractivity contribution is -0.870. The molecule has 1 saturated heterocycles. The van der Waals surface area contributed by atoms with Gasteiger partial charge in [-0.05, 0) is 51.4 Å². The number of carbonyl (C=O) groups excluding carboxylic acids is 1. The van der Waals surface area contributed by atoms with Gasteiger partial charge in [0, 0.05) is 13.0 Å². The van der Waals surface area contributed by atoms with E-state index >= 15 is 0 Å². The quantitative estimate of drug-likeness (QED) is 0.0165. The van der Waals surface area contributed by atoms with E-state index in [0.29, 0.717) is 36.3 Å². The summed E-state index contributed by atoms with van der Waals surface area (Å²) in [6.07, 6.45) is 41.8. The van der Waals surface area contributed by atoms with Gasteiger partial charge in [-0.3, -0.25) is 13.8 Å². The summed E-state index contributed by atoms with van der Waals surface area (Å²) in [5, 5.41) is 0. The highest BCUT2D eigenvalue weighted by Crippen LogP contribution is 2.43. The second kappa shape index (κ2) is 33.5. The van der Waals surface area contributed by atoms with Gasteiger partial charge < -0.3 is 23.6 Å². The molecular weight excluding hydrogens is 701 g/mol. The Morgan fingerprint density at radius 1 is 0.685 bits per heavy atom. The number of allylic oxidation sites excluding steroid dienone is 6. The van der Waals surface area contributed by atoms with Gasteiger partial charge in [0.05, 0.1) is 46.6 Å². The molecule has 1 fully saturated rings. The molecule has 0 saturated carbocycles. The molecule has 10 heteroatoms. The number of ether oxygens (including phenoxy) is 3. The van der Waals surface area contributed by atoms with Gasteiger partial charge in [0.1, 0.15) is 19.3 Å². The molecule has 0 bridgehead atoms. The molecule has 0 amide bonds. The zero-order chi connectivity index (χ0) is 39.6. The zero-order valence-corrected chi connectivity index (χ0v) is 36.0. The number of epoxide rings is 1. The van der Waals surface area contributed by atoms with Crippen LogP contribution in [0.2, 0.25) is 0 Å². The first-order chi connectivity index (χ1) is 26.1. The maximum Gasteiger partial charge on any atom is 0.472 e. The number of hydrogen-bond donors (Lipinski definition) is 1. The Morgan fingerprint density at radius 3 is 1.78 bits per heavy atom. The van der Waals surface area contributed by atoms with Gasteiger partial charge in [-0.1, -0.05) is 146 Å². The highest BCUT2D eigenvalue weighted by Gasteiger charge is 2.36. The highest BCUT2D eigenvalue weighted by atomic mass is 31.2. The predicted octanol–water partition coefficient (Wildman–Crippen LogP) is 11.4. The van der Waals surface area contributed by atoms with Gasteiger partial charge >= 0.3 is 13.8 Å². The predicted molar refractivity (Wildman–Crippen MR) is 223 cm³/mol. The van der Waals surface area contributed by atoms with Crippen molar-refractivity contribution in [1.82, 2.24) is 0 Å². The normalized spacial score (nSPS) is 18.0. The summed E-state index contributed by atoms with van der Waals surface area (Å²) in [5.41, 5.74) is 0. The standard InChI is InChI=1S/C44H80NO8P/c1-6-8-10-12-14-15-16-17-18-19-20-24-28-32-37-49-39-41(40-51-54(47,48)50-38-36-45(3,4)5)52-44(46)35-31-27-23-21-22-26-30-34-43-42(53-43)33-29-25-13-11-9-7-2/h9,11,21,23,25-26,29-30,41-43H,6-8,10,12-20,22,24,27-28,31-40H2,1-5H3/p+1/b11-9-,23-21-,29-25-,30-26-. The fraction of sp³-hybridized carbons (Fsp3) is 0.795. The summed E-state index contributed by atoms with van der Waals surface area (Å²) in [7, 11) is 1.62. The maximum atomic E-state index is 12.7. The van der Waals surface area contributed by atoms with E-state index in [0.717, 1.165) is 51.4 Å². The third-order valence-corrected chi connectivity index (χ3v) is 10.3. The smallest absolute Gasteiger partial charge is 0.457 e. The second-order valence-electron chi connectivity index (χ2n) is 15.7. The first kappa shape index (κ1) is 50.4. The molecule has 9 nitrogen and oxygen atoms in total. The van der Waals surface area contributed by atoms with Crippen molar-refractivity contribution in [2.45, 2.75) is 173 Å². The lowest BCUT2D eigenvalue weighted by Gasteiger charge is -2.24. The van der Waals surface area contributed by atoms with Crippen LogP contribution in [0.1, 0.15) is 155 Å². The van der Waals surface area contributed by atoms with E-state index in [1.807, 2.05) is 21.1 Å². The first-order valence-electron chi connectivity index (χ1n) is 21.5. The van der Waals surface area contributed by atoms with Crippen LogP contribution in [0.4, 0.5) is 0 Å². The Kier molecular flexibility index (Phi) is 31.3. The minimum absolute atomic E-state index is 0.0749. The summed E-state index contributed by atoms with van der Waals surface area (Å²) >= 11 is 0. The van der Waals surface area contributed by atoms with Gasteiger partial charge in [-0.25, -0.2) is 4.57 Å². The summed E-state index contributed by atoms with van der Waals surface area (Å²) < 4.78 is 40.7. The molecular formula is C44H81NO8P+. The zero-order valence-electron chi connectivity index (χ0n) is 35.1. The number of likely N-dealkylation sites (N-methyl/N-ethyl adjacent to an activating group) is 1. The number of phosphoric acid groups is 1. The Balaban J connectivity index is 2.28. The van der Waals surface area contributed by atoms with Gasteiger partial charge in [0.25, 0.3) is 0 Å². The molecule has 0 aromatic carbocycles. The van der Waals surface area contributed by atoms with Crippen LogP contribution in [-0.4, -0.2) is 87.8 Å². The van der Waals surface area contributed by atoms with E-state index in [-0.39, 0.29) is 32.2 Å². The summed E-state index contributed by atoms with van der Waals surface area (Å²) in [5.74, 6) is -0.373. The number of nitrogens with zero attached hydrogens (tertiary/aromatic N) is 1. The molecule has 4 unspecified atom stereocenters. The molecule has 0 aromatic heterocycles. The van der Waals surface area contributed by atoms with Crippen LogP contribution in [0.25, 0.3) is 0 Å². The molecule has 1 N–H and O–H groups in total. The van der Waals surface area contributed by atoms with Crippen LogP contribution in [0.5, 0.6) is 0 Å². The number of rotatable bonds is 38. The molecule has 1 heterocycles. The fourth-order valence-electron chi connectivity index (χ4n) is 5.86. The molecule has 54 heavy (non-hydrogen) atoms. The van der Waals surface area contributed by atoms with Crippen molar-refractivity contribution in [3.8, 4) is 0 Å².